The molecule has 0 amide bonds. The smallest absolute Gasteiger partial charge is 0.313 e. The minimum absolute atomic E-state index is 0.344. The lowest BCUT2D eigenvalue weighted by Gasteiger charge is -2.19. The van der Waals surface area contributed by atoms with Crippen LogP contribution in [0.15, 0.2) is 17.5 Å². The van der Waals surface area contributed by atoms with Crippen LogP contribution in [0, 0.1) is 0 Å². The van der Waals surface area contributed by atoms with Gasteiger partial charge in [0, 0.05) is 11.4 Å². The third-order valence-corrected chi connectivity index (χ3v) is 3.81. The van der Waals surface area contributed by atoms with E-state index in [9.17, 15) is 9.90 Å². The SMILES string of the molecule is O=C(O)C(CN1CCCC1)c1cccs1. The van der Waals surface area contributed by atoms with Gasteiger partial charge in [-0.3, -0.25) is 4.79 Å². The van der Waals surface area contributed by atoms with Crippen molar-refractivity contribution in [2.75, 3.05) is 19.6 Å². The standard InChI is InChI=1S/C11H15NO2S/c13-11(14)9(10-4-3-7-15-10)8-12-5-1-2-6-12/h3-4,7,9H,1-2,5-6,8H2,(H,13,14). The molecule has 4 heteroatoms. The second-order valence-electron chi connectivity index (χ2n) is 3.91. The number of hydrogen-bond donors (Lipinski definition) is 1. The second-order valence-corrected chi connectivity index (χ2v) is 4.89. The topological polar surface area (TPSA) is 40.5 Å². The van der Waals surface area contributed by atoms with E-state index in [1.807, 2.05) is 17.5 Å². The van der Waals surface area contributed by atoms with E-state index in [0.717, 1.165) is 18.0 Å². The normalized spacial score (nSPS) is 19.2. The first-order chi connectivity index (χ1) is 7.27. The number of thiophene rings is 1. The van der Waals surface area contributed by atoms with Gasteiger partial charge < -0.3 is 10.0 Å². The Bertz CT molecular complexity index is 317. The van der Waals surface area contributed by atoms with Crippen LogP contribution >= 0.6 is 11.3 Å². The zero-order chi connectivity index (χ0) is 10.7. The van der Waals surface area contributed by atoms with Crippen molar-refractivity contribution < 1.29 is 9.90 Å². The van der Waals surface area contributed by atoms with Crippen LogP contribution in [0.4, 0.5) is 0 Å². The summed E-state index contributed by atoms with van der Waals surface area (Å²) in [5.41, 5.74) is 0. The molecule has 82 valence electrons. The maximum absolute atomic E-state index is 11.2. The second kappa shape index (κ2) is 4.77. The number of carboxylic acid groups (broad SMARTS) is 1. The van der Waals surface area contributed by atoms with Gasteiger partial charge in [-0.25, -0.2) is 0 Å². The summed E-state index contributed by atoms with van der Waals surface area (Å²) < 4.78 is 0. The van der Waals surface area contributed by atoms with Crippen LogP contribution in [0.2, 0.25) is 0 Å². The highest BCUT2D eigenvalue weighted by Crippen LogP contribution is 2.24. The fourth-order valence-corrected chi connectivity index (χ4v) is 2.81. The minimum Gasteiger partial charge on any atom is -0.481 e. The molecular weight excluding hydrogens is 210 g/mol. The molecule has 0 saturated carbocycles. The van der Waals surface area contributed by atoms with E-state index in [1.165, 1.54) is 24.2 Å². The quantitative estimate of drug-likeness (QED) is 0.852. The Morgan fingerprint density at radius 3 is 2.80 bits per heavy atom. The summed E-state index contributed by atoms with van der Waals surface area (Å²) in [4.78, 5) is 14.4. The molecule has 1 aromatic heterocycles. The van der Waals surface area contributed by atoms with E-state index >= 15 is 0 Å². The van der Waals surface area contributed by atoms with Gasteiger partial charge in [-0.1, -0.05) is 6.07 Å². The number of rotatable bonds is 4. The number of nitrogens with zero attached hydrogens (tertiary/aromatic N) is 1. The molecule has 0 spiro atoms. The Morgan fingerprint density at radius 2 is 2.27 bits per heavy atom. The Hall–Kier alpha value is -0.870. The lowest BCUT2D eigenvalue weighted by Crippen LogP contribution is -2.29. The van der Waals surface area contributed by atoms with Crippen molar-refractivity contribution in [3.05, 3.63) is 22.4 Å². The van der Waals surface area contributed by atoms with Crippen LogP contribution in [0.5, 0.6) is 0 Å². The highest BCUT2D eigenvalue weighted by Gasteiger charge is 2.25. The van der Waals surface area contributed by atoms with E-state index in [0.29, 0.717) is 6.54 Å². The molecule has 0 bridgehead atoms. The molecule has 0 aliphatic carbocycles. The molecular formula is C11H15NO2S. The molecule has 1 aliphatic heterocycles. The van der Waals surface area contributed by atoms with Crippen LogP contribution in [0.3, 0.4) is 0 Å². The molecule has 1 N–H and O–H groups in total. The van der Waals surface area contributed by atoms with Gasteiger partial charge in [0.15, 0.2) is 0 Å². The molecule has 2 heterocycles. The van der Waals surface area contributed by atoms with Crippen molar-refractivity contribution >= 4 is 17.3 Å². The molecule has 2 rings (SSSR count). The molecule has 1 saturated heterocycles. The number of hydrogen-bond acceptors (Lipinski definition) is 3. The van der Waals surface area contributed by atoms with Gasteiger partial charge in [-0.05, 0) is 37.4 Å². The summed E-state index contributed by atoms with van der Waals surface area (Å²) in [6, 6.07) is 3.83. The first kappa shape index (κ1) is 10.6. The molecule has 3 nitrogen and oxygen atoms in total. The van der Waals surface area contributed by atoms with Crippen molar-refractivity contribution in [2.24, 2.45) is 0 Å². The molecule has 0 aromatic carbocycles. The monoisotopic (exact) mass is 225 g/mol. The number of carboxylic acids is 1. The predicted octanol–water partition coefficient (Wildman–Crippen LogP) is 2.01. The fraction of sp³-hybridized carbons (Fsp3) is 0.545. The van der Waals surface area contributed by atoms with Gasteiger partial charge in [0.2, 0.25) is 0 Å². The molecule has 1 fully saturated rings. The lowest BCUT2D eigenvalue weighted by molar-refractivity contribution is -0.139. The number of likely N-dealkylation sites (tertiary alicyclic amines) is 1. The van der Waals surface area contributed by atoms with Crippen LogP contribution in [0.25, 0.3) is 0 Å². The van der Waals surface area contributed by atoms with E-state index in [2.05, 4.69) is 4.90 Å². The van der Waals surface area contributed by atoms with Gasteiger partial charge in [0.05, 0.1) is 0 Å². The molecule has 15 heavy (non-hydrogen) atoms. The maximum Gasteiger partial charge on any atom is 0.313 e. The summed E-state index contributed by atoms with van der Waals surface area (Å²) >= 11 is 1.54. The lowest BCUT2D eigenvalue weighted by atomic mass is 10.1. The Morgan fingerprint density at radius 1 is 1.53 bits per heavy atom. The van der Waals surface area contributed by atoms with Crippen LogP contribution in [-0.2, 0) is 4.79 Å². The molecule has 0 radical (unpaired) electrons. The summed E-state index contributed by atoms with van der Waals surface area (Å²) in [5.74, 6) is -1.05. The first-order valence-corrected chi connectivity index (χ1v) is 6.14. The highest BCUT2D eigenvalue weighted by atomic mass is 32.1. The van der Waals surface area contributed by atoms with E-state index in [4.69, 9.17) is 0 Å². The summed E-state index contributed by atoms with van der Waals surface area (Å²) in [5, 5.41) is 11.1. The number of aliphatic carboxylic acids is 1. The van der Waals surface area contributed by atoms with E-state index in [-0.39, 0.29) is 5.92 Å². The third-order valence-electron chi connectivity index (χ3n) is 2.82. The van der Waals surface area contributed by atoms with Gasteiger partial charge in [0.25, 0.3) is 0 Å². The fourth-order valence-electron chi connectivity index (χ4n) is 2.00. The number of carbonyl (C=O) groups is 1. The van der Waals surface area contributed by atoms with E-state index in [1.54, 1.807) is 0 Å². The molecule has 1 unspecified atom stereocenters. The summed E-state index contributed by atoms with van der Waals surface area (Å²) in [6.45, 7) is 2.76. The summed E-state index contributed by atoms with van der Waals surface area (Å²) in [7, 11) is 0. The first-order valence-electron chi connectivity index (χ1n) is 5.26. The largest absolute Gasteiger partial charge is 0.481 e. The van der Waals surface area contributed by atoms with Crippen LogP contribution in [0.1, 0.15) is 23.6 Å². The molecule has 1 atom stereocenters. The summed E-state index contributed by atoms with van der Waals surface area (Å²) in [6.07, 6.45) is 2.41. The van der Waals surface area contributed by atoms with Crippen molar-refractivity contribution in [1.29, 1.82) is 0 Å². The predicted molar refractivity (Wildman–Crippen MR) is 60.4 cm³/mol. The Labute approximate surface area is 93.3 Å². The minimum atomic E-state index is -0.704. The van der Waals surface area contributed by atoms with Crippen LogP contribution < -0.4 is 0 Å². The Balaban J connectivity index is 2.03. The average Bonchev–Trinajstić information content (AvgIpc) is 2.87. The van der Waals surface area contributed by atoms with Crippen molar-refractivity contribution in [3.63, 3.8) is 0 Å². The van der Waals surface area contributed by atoms with Gasteiger partial charge in [-0.2, -0.15) is 0 Å². The van der Waals surface area contributed by atoms with Crippen molar-refractivity contribution in [3.8, 4) is 0 Å². The van der Waals surface area contributed by atoms with E-state index < -0.39 is 5.97 Å². The molecule has 1 aromatic rings. The molecule has 1 aliphatic rings. The maximum atomic E-state index is 11.2. The van der Waals surface area contributed by atoms with Gasteiger partial charge in [0.1, 0.15) is 5.92 Å². The average molecular weight is 225 g/mol. The Kier molecular flexibility index (Phi) is 3.38. The van der Waals surface area contributed by atoms with Crippen molar-refractivity contribution in [2.45, 2.75) is 18.8 Å². The van der Waals surface area contributed by atoms with Gasteiger partial charge in [-0.15, -0.1) is 11.3 Å². The van der Waals surface area contributed by atoms with Crippen LogP contribution in [-0.4, -0.2) is 35.6 Å². The zero-order valence-electron chi connectivity index (χ0n) is 8.56. The third kappa shape index (κ3) is 2.58. The zero-order valence-corrected chi connectivity index (χ0v) is 9.37. The highest BCUT2D eigenvalue weighted by molar-refractivity contribution is 7.10. The van der Waals surface area contributed by atoms with Crippen molar-refractivity contribution in [1.82, 2.24) is 4.90 Å². The van der Waals surface area contributed by atoms with Gasteiger partial charge >= 0.3 is 5.97 Å².